The topological polar surface area (TPSA) is 69.8 Å². The quantitative estimate of drug-likeness (QED) is 0.343. The van der Waals surface area contributed by atoms with Crippen molar-refractivity contribution in [2.24, 2.45) is 0 Å². The Bertz CT molecular complexity index is 2080. The van der Waals surface area contributed by atoms with Gasteiger partial charge in [0, 0.05) is 34.2 Å². The van der Waals surface area contributed by atoms with Crippen molar-refractivity contribution in [1.29, 1.82) is 0 Å². The molecule has 0 bridgehead atoms. The van der Waals surface area contributed by atoms with Gasteiger partial charge in [-0.2, -0.15) is 0 Å². The molecule has 36 heavy (non-hydrogen) atoms. The van der Waals surface area contributed by atoms with Crippen molar-refractivity contribution in [3.8, 4) is 11.4 Å². The van der Waals surface area contributed by atoms with Crippen LogP contribution in [0.2, 0.25) is 0 Å². The van der Waals surface area contributed by atoms with Crippen LogP contribution in [0.1, 0.15) is 0 Å². The number of aromatic nitrogens is 4. The molecule has 3 aromatic carbocycles. The molecule has 7 rings (SSSR count). The third-order valence-electron chi connectivity index (χ3n) is 6.62. The molecule has 0 radical (unpaired) electrons. The molecule has 4 heterocycles. The summed E-state index contributed by atoms with van der Waals surface area (Å²) in [5.41, 5.74) is 2.80. The number of para-hydroxylation sites is 3. The Kier molecular flexibility index (Phi) is 4.35. The molecular formula is C30H18N4O2. The van der Waals surface area contributed by atoms with E-state index in [1.165, 1.54) is 4.57 Å². The van der Waals surface area contributed by atoms with Gasteiger partial charge in [0.2, 0.25) is 0 Å². The summed E-state index contributed by atoms with van der Waals surface area (Å²) in [7, 11) is 0. The largest absolute Gasteiger partial charge is 0.294 e. The molecule has 7 aromatic rings. The molecule has 0 aliphatic carbocycles. The van der Waals surface area contributed by atoms with Crippen LogP contribution in [0.15, 0.2) is 119 Å². The smallest absolute Gasteiger partial charge is 0.267 e. The molecule has 0 unspecified atom stereocenters. The number of benzene rings is 3. The Morgan fingerprint density at radius 3 is 1.94 bits per heavy atom. The molecule has 6 heteroatoms. The van der Waals surface area contributed by atoms with E-state index in [-0.39, 0.29) is 0 Å². The van der Waals surface area contributed by atoms with Gasteiger partial charge in [-0.1, -0.05) is 54.6 Å². The normalized spacial score (nSPS) is 11.6. The summed E-state index contributed by atoms with van der Waals surface area (Å²) in [6, 6.07) is 30.5. The average molecular weight is 467 g/mol. The summed E-state index contributed by atoms with van der Waals surface area (Å²) >= 11 is 0. The molecule has 0 amide bonds. The third kappa shape index (κ3) is 2.85. The highest BCUT2D eigenvalue weighted by Crippen LogP contribution is 2.33. The minimum absolute atomic E-state index is 0.363. The van der Waals surface area contributed by atoms with Crippen LogP contribution in [-0.2, 0) is 0 Å². The Hall–Kier alpha value is -5.10. The lowest BCUT2D eigenvalue weighted by Crippen LogP contribution is -2.28. The van der Waals surface area contributed by atoms with Crippen molar-refractivity contribution in [1.82, 2.24) is 19.1 Å². The van der Waals surface area contributed by atoms with Crippen molar-refractivity contribution in [3.63, 3.8) is 0 Å². The fourth-order valence-corrected chi connectivity index (χ4v) is 5.00. The maximum atomic E-state index is 14.0. The number of nitrogens with zero attached hydrogens (tertiary/aromatic N) is 4. The molecule has 0 aliphatic heterocycles. The van der Waals surface area contributed by atoms with E-state index in [1.807, 2.05) is 78.9 Å². The summed E-state index contributed by atoms with van der Waals surface area (Å²) < 4.78 is 3.32. The highest BCUT2D eigenvalue weighted by atomic mass is 16.2. The van der Waals surface area contributed by atoms with Crippen LogP contribution in [0.5, 0.6) is 0 Å². The van der Waals surface area contributed by atoms with Crippen LogP contribution in [0.3, 0.4) is 0 Å². The summed E-state index contributed by atoms with van der Waals surface area (Å²) in [5, 5.41) is 3.11. The van der Waals surface area contributed by atoms with Crippen LogP contribution in [0.4, 0.5) is 0 Å². The van der Waals surface area contributed by atoms with Crippen molar-refractivity contribution in [3.05, 3.63) is 130 Å². The molecule has 0 aliphatic rings. The Labute approximate surface area is 204 Å². The second-order valence-corrected chi connectivity index (χ2v) is 8.65. The fraction of sp³-hybridized carbons (Fsp3) is 0. The SMILES string of the molecule is O=c1c2ccncc2c2nc3c(cc2c(=O)n1-c1ccccc1)c1ccccc1n3-c1ccccc1. The molecule has 0 atom stereocenters. The number of hydrogen-bond acceptors (Lipinski definition) is 4. The van der Waals surface area contributed by atoms with E-state index in [2.05, 4.69) is 9.55 Å². The minimum Gasteiger partial charge on any atom is -0.294 e. The van der Waals surface area contributed by atoms with Crippen molar-refractivity contribution < 1.29 is 0 Å². The van der Waals surface area contributed by atoms with Gasteiger partial charge in [0.05, 0.1) is 27.5 Å². The molecule has 6 nitrogen and oxygen atoms in total. The summed E-state index contributed by atoms with van der Waals surface area (Å²) in [5.74, 6) is 0. The van der Waals surface area contributed by atoms with Crippen molar-refractivity contribution in [2.45, 2.75) is 0 Å². The van der Waals surface area contributed by atoms with Crippen LogP contribution in [0.25, 0.3) is 55.0 Å². The van der Waals surface area contributed by atoms with Gasteiger partial charge in [-0.25, -0.2) is 9.55 Å². The van der Waals surface area contributed by atoms with Gasteiger partial charge < -0.3 is 0 Å². The van der Waals surface area contributed by atoms with Gasteiger partial charge >= 0.3 is 0 Å². The Balaban J connectivity index is 1.76. The van der Waals surface area contributed by atoms with Crippen molar-refractivity contribution in [2.75, 3.05) is 0 Å². The molecule has 0 spiro atoms. The monoisotopic (exact) mass is 466 g/mol. The van der Waals surface area contributed by atoms with Crippen LogP contribution < -0.4 is 11.1 Å². The average Bonchev–Trinajstić information content (AvgIpc) is 3.22. The third-order valence-corrected chi connectivity index (χ3v) is 6.62. The van der Waals surface area contributed by atoms with E-state index < -0.39 is 11.1 Å². The first kappa shape index (κ1) is 20.3. The van der Waals surface area contributed by atoms with Crippen molar-refractivity contribution >= 4 is 43.6 Å². The van der Waals surface area contributed by atoms with Gasteiger partial charge in [0.15, 0.2) is 0 Å². The molecule has 4 aromatic heterocycles. The van der Waals surface area contributed by atoms with Gasteiger partial charge in [-0.05, 0) is 42.5 Å². The minimum atomic E-state index is -0.414. The second-order valence-electron chi connectivity index (χ2n) is 8.65. The van der Waals surface area contributed by atoms with Gasteiger partial charge in [0.1, 0.15) is 5.65 Å². The highest BCUT2D eigenvalue weighted by molar-refractivity contribution is 6.14. The lowest BCUT2D eigenvalue weighted by Gasteiger charge is -2.07. The molecule has 0 N–H and O–H groups in total. The maximum Gasteiger partial charge on any atom is 0.267 e. The van der Waals surface area contributed by atoms with E-state index in [0.29, 0.717) is 33.0 Å². The first-order chi connectivity index (χ1) is 17.7. The Morgan fingerprint density at radius 1 is 0.556 bits per heavy atom. The first-order valence-electron chi connectivity index (χ1n) is 11.6. The van der Waals surface area contributed by atoms with E-state index in [4.69, 9.17) is 4.98 Å². The number of pyridine rings is 2. The van der Waals surface area contributed by atoms with E-state index in [0.717, 1.165) is 22.0 Å². The van der Waals surface area contributed by atoms with Crippen LogP contribution in [0, 0.1) is 0 Å². The van der Waals surface area contributed by atoms with Crippen LogP contribution >= 0.6 is 0 Å². The number of hydrogen-bond donors (Lipinski definition) is 0. The lowest BCUT2D eigenvalue weighted by atomic mass is 10.1. The second kappa shape index (κ2) is 7.71. The zero-order chi connectivity index (χ0) is 24.2. The van der Waals surface area contributed by atoms with Gasteiger partial charge in [0.25, 0.3) is 11.1 Å². The first-order valence-corrected chi connectivity index (χ1v) is 11.6. The molecule has 170 valence electrons. The summed E-state index contributed by atoms with van der Waals surface area (Å²) in [6.07, 6.45) is 3.18. The Morgan fingerprint density at radius 2 is 1.19 bits per heavy atom. The number of fused-ring (bicyclic) bond motifs is 6. The molecule has 0 saturated carbocycles. The van der Waals surface area contributed by atoms with Crippen LogP contribution in [-0.4, -0.2) is 19.1 Å². The lowest BCUT2D eigenvalue weighted by molar-refractivity contribution is 0.975. The van der Waals surface area contributed by atoms with E-state index >= 15 is 0 Å². The predicted molar refractivity (Wildman–Crippen MR) is 143 cm³/mol. The van der Waals surface area contributed by atoms with Gasteiger partial charge in [-0.15, -0.1) is 0 Å². The zero-order valence-electron chi connectivity index (χ0n) is 19.0. The van der Waals surface area contributed by atoms with Gasteiger partial charge in [-0.3, -0.25) is 19.1 Å². The predicted octanol–water partition coefficient (Wildman–Crippen LogP) is 5.39. The van der Waals surface area contributed by atoms with E-state index in [9.17, 15) is 9.59 Å². The summed E-state index contributed by atoms with van der Waals surface area (Å²) in [4.78, 5) is 37.0. The molecule has 0 saturated heterocycles. The molecule has 0 fully saturated rings. The number of rotatable bonds is 2. The molecular weight excluding hydrogens is 448 g/mol. The summed E-state index contributed by atoms with van der Waals surface area (Å²) in [6.45, 7) is 0. The zero-order valence-corrected chi connectivity index (χ0v) is 19.0. The van der Waals surface area contributed by atoms with E-state index in [1.54, 1.807) is 30.6 Å². The standard InChI is InChI=1S/C30H18N4O2/c35-29-22-15-16-31-18-25(22)27-24(30(36)34(29)20-11-5-2-6-12-20)17-23-21-13-7-8-14-26(21)33(28(23)32-27)19-9-3-1-4-10-19/h1-18H. The highest BCUT2D eigenvalue weighted by Gasteiger charge is 2.19. The maximum absolute atomic E-state index is 14.0. The fourth-order valence-electron chi connectivity index (χ4n) is 5.00.